The summed E-state index contributed by atoms with van der Waals surface area (Å²) in [6.45, 7) is 9.29. The van der Waals surface area contributed by atoms with E-state index in [-0.39, 0.29) is 6.10 Å². The molecule has 1 atom stereocenters. The highest BCUT2D eigenvalue weighted by Gasteiger charge is 2.11. The number of nitrogens with zero attached hydrogens (tertiary/aromatic N) is 2. The van der Waals surface area contributed by atoms with E-state index in [1.165, 1.54) is 5.56 Å². The van der Waals surface area contributed by atoms with E-state index in [2.05, 4.69) is 33.6 Å². The molecule has 2 aromatic rings. The van der Waals surface area contributed by atoms with Gasteiger partial charge in [0.05, 0.1) is 25.9 Å². The average molecular weight is 370 g/mol. The van der Waals surface area contributed by atoms with Gasteiger partial charge in [-0.3, -0.25) is 9.98 Å². The molecule has 27 heavy (non-hydrogen) atoms. The Hall–Kier alpha value is -2.76. The molecule has 0 bridgehead atoms. The van der Waals surface area contributed by atoms with Crippen molar-refractivity contribution < 1.29 is 9.47 Å². The van der Waals surface area contributed by atoms with E-state index in [0.29, 0.717) is 19.0 Å². The van der Waals surface area contributed by atoms with Gasteiger partial charge in [-0.25, -0.2) is 0 Å². The monoisotopic (exact) mass is 370 g/mol. The molecule has 6 nitrogen and oxygen atoms in total. The van der Waals surface area contributed by atoms with E-state index >= 15 is 0 Å². The summed E-state index contributed by atoms with van der Waals surface area (Å²) in [6, 6.07) is 8.05. The molecule has 0 radical (unpaired) electrons. The molecule has 146 valence electrons. The molecule has 1 unspecified atom stereocenters. The molecule has 0 aliphatic carbocycles. The molecule has 0 amide bonds. The standard InChI is InChI=1S/C21H30N4O2/c1-14-8-7-9-18(10-14)27-16(3)12-24-21(22-5)25-13-19-17(4)20(26-6)15(2)11-23-19/h7-11,16H,12-13H2,1-6H3,(H2,22,24,25). The fraction of sp³-hybridized carbons (Fsp3) is 0.429. The zero-order valence-corrected chi connectivity index (χ0v) is 17.1. The zero-order chi connectivity index (χ0) is 19.8. The Morgan fingerprint density at radius 1 is 1.22 bits per heavy atom. The zero-order valence-electron chi connectivity index (χ0n) is 17.1. The number of hydrogen-bond acceptors (Lipinski definition) is 4. The maximum atomic E-state index is 5.94. The first-order chi connectivity index (χ1) is 12.9. The van der Waals surface area contributed by atoms with Crippen LogP contribution in [0.2, 0.25) is 0 Å². The van der Waals surface area contributed by atoms with Gasteiger partial charge in [0.2, 0.25) is 0 Å². The summed E-state index contributed by atoms with van der Waals surface area (Å²) in [4.78, 5) is 8.77. The van der Waals surface area contributed by atoms with E-state index < -0.39 is 0 Å². The number of aliphatic imine (C=N–C) groups is 1. The normalized spacial score (nSPS) is 12.4. The van der Waals surface area contributed by atoms with Crippen molar-refractivity contribution in [3.63, 3.8) is 0 Å². The van der Waals surface area contributed by atoms with Crippen LogP contribution >= 0.6 is 0 Å². The quantitative estimate of drug-likeness (QED) is 0.579. The third-order valence-corrected chi connectivity index (χ3v) is 4.28. The van der Waals surface area contributed by atoms with Crippen LogP contribution in [0, 0.1) is 20.8 Å². The lowest BCUT2D eigenvalue weighted by Crippen LogP contribution is -2.41. The summed E-state index contributed by atoms with van der Waals surface area (Å²) in [5.74, 6) is 2.46. The molecule has 0 saturated heterocycles. The first-order valence-corrected chi connectivity index (χ1v) is 9.11. The lowest BCUT2D eigenvalue weighted by molar-refractivity contribution is 0.223. The van der Waals surface area contributed by atoms with Gasteiger partial charge in [0, 0.05) is 24.4 Å². The lowest BCUT2D eigenvalue weighted by atomic mass is 10.1. The minimum absolute atomic E-state index is 0.00433. The molecule has 0 aliphatic heterocycles. The van der Waals surface area contributed by atoms with Crippen LogP contribution in [0.5, 0.6) is 11.5 Å². The van der Waals surface area contributed by atoms with Gasteiger partial charge in [0.1, 0.15) is 17.6 Å². The topological polar surface area (TPSA) is 67.8 Å². The first-order valence-electron chi connectivity index (χ1n) is 9.11. The third-order valence-electron chi connectivity index (χ3n) is 4.28. The average Bonchev–Trinajstić information content (AvgIpc) is 2.63. The second-order valence-corrected chi connectivity index (χ2v) is 6.60. The van der Waals surface area contributed by atoms with E-state index in [4.69, 9.17) is 9.47 Å². The van der Waals surface area contributed by atoms with E-state index in [9.17, 15) is 0 Å². The number of pyridine rings is 1. The van der Waals surface area contributed by atoms with Crippen LogP contribution in [-0.4, -0.2) is 37.7 Å². The minimum atomic E-state index is 0.00433. The summed E-state index contributed by atoms with van der Waals surface area (Å²) in [5, 5.41) is 6.58. The molecule has 0 saturated carbocycles. The van der Waals surface area contributed by atoms with Crippen LogP contribution in [0.15, 0.2) is 35.5 Å². The summed E-state index contributed by atoms with van der Waals surface area (Å²) in [7, 11) is 3.43. The van der Waals surface area contributed by atoms with Crippen LogP contribution in [-0.2, 0) is 6.54 Å². The van der Waals surface area contributed by atoms with Gasteiger partial charge >= 0.3 is 0 Å². The largest absolute Gasteiger partial charge is 0.496 e. The van der Waals surface area contributed by atoms with Crippen molar-refractivity contribution in [2.75, 3.05) is 20.7 Å². The molecular formula is C21H30N4O2. The minimum Gasteiger partial charge on any atom is -0.496 e. The number of hydrogen-bond donors (Lipinski definition) is 2. The molecular weight excluding hydrogens is 340 g/mol. The Labute approximate surface area is 162 Å². The second-order valence-electron chi connectivity index (χ2n) is 6.60. The van der Waals surface area contributed by atoms with E-state index in [1.807, 2.05) is 45.2 Å². The molecule has 0 fully saturated rings. The van der Waals surface area contributed by atoms with Crippen LogP contribution in [0.1, 0.15) is 29.3 Å². The van der Waals surface area contributed by atoms with Crippen LogP contribution in [0.25, 0.3) is 0 Å². The Balaban J connectivity index is 1.87. The summed E-state index contributed by atoms with van der Waals surface area (Å²) in [6.07, 6.45) is 1.83. The maximum absolute atomic E-state index is 5.94. The maximum Gasteiger partial charge on any atom is 0.191 e. The molecule has 0 aliphatic rings. The number of benzene rings is 1. The van der Waals surface area contributed by atoms with Gasteiger partial charge in [-0.1, -0.05) is 12.1 Å². The third kappa shape index (κ3) is 5.88. The summed E-state index contributed by atoms with van der Waals surface area (Å²) < 4.78 is 11.4. The van der Waals surface area contributed by atoms with Crippen LogP contribution in [0.4, 0.5) is 0 Å². The van der Waals surface area contributed by atoms with Crippen LogP contribution < -0.4 is 20.1 Å². The van der Waals surface area contributed by atoms with E-state index in [0.717, 1.165) is 28.3 Å². The number of rotatable bonds is 7. The van der Waals surface area contributed by atoms with Crippen molar-refractivity contribution in [2.45, 2.75) is 40.3 Å². The van der Waals surface area contributed by atoms with Crippen molar-refractivity contribution in [1.82, 2.24) is 15.6 Å². The number of methoxy groups -OCH3 is 1. The van der Waals surface area contributed by atoms with Gasteiger partial charge in [0.25, 0.3) is 0 Å². The van der Waals surface area contributed by atoms with Gasteiger partial charge in [0.15, 0.2) is 5.96 Å². The van der Waals surface area contributed by atoms with Crippen LogP contribution in [0.3, 0.4) is 0 Å². The molecule has 1 heterocycles. The highest BCUT2D eigenvalue weighted by molar-refractivity contribution is 5.79. The molecule has 1 aromatic carbocycles. The van der Waals surface area contributed by atoms with Crippen molar-refractivity contribution in [3.8, 4) is 11.5 Å². The first kappa shape index (κ1) is 20.6. The molecule has 0 spiro atoms. The number of guanidine groups is 1. The van der Waals surface area contributed by atoms with Crippen molar-refractivity contribution in [1.29, 1.82) is 0 Å². The molecule has 1 aromatic heterocycles. The SMILES string of the molecule is CN=C(NCc1ncc(C)c(OC)c1C)NCC(C)Oc1cccc(C)c1. The second kappa shape index (κ2) is 9.80. The number of nitrogens with one attached hydrogen (secondary N) is 2. The molecule has 6 heteroatoms. The van der Waals surface area contributed by atoms with Gasteiger partial charge < -0.3 is 20.1 Å². The highest BCUT2D eigenvalue weighted by atomic mass is 16.5. The van der Waals surface area contributed by atoms with Crippen molar-refractivity contribution >= 4 is 5.96 Å². The van der Waals surface area contributed by atoms with E-state index in [1.54, 1.807) is 14.2 Å². The van der Waals surface area contributed by atoms with Gasteiger partial charge in [-0.15, -0.1) is 0 Å². The predicted octanol–water partition coefficient (Wildman–Crippen LogP) is 3.15. The number of aryl methyl sites for hydroxylation is 2. The highest BCUT2D eigenvalue weighted by Crippen LogP contribution is 2.23. The summed E-state index contributed by atoms with van der Waals surface area (Å²) in [5.41, 5.74) is 4.19. The molecule has 2 N–H and O–H groups in total. The fourth-order valence-electron chi connectivity index (χ4n) is 2.84. The predicted molar refractivity (Wildman–Crippen MR) is 110 cm³/mol. The Morgan fingerprint density at radius 3 is 2.67 bits per heavy atom. The smallest absolute Gasteiger partial charge is 0.191 e. The Morgan fingerprint density at radius 2 is 2.00 bits per heavy atom. The van der Waals surface area contributed by atoms with Gasteiger partial charge in [-0.2, -0.15) is 0 Å². The van der Waals surface area contributed by atoms with Crippen molar-refractivity contribution in [3.05, 3.63) is 52.8 Å². The van der Waals surface area contributed by atoms with Crippen molar-refractivity contribution in [2.24, 2.45) is 4.99 Å². The number of ether oxygens (including phenoxy) is 2. The lowest BCUT2D eigenvalue weighted by Gasteiger charge is -2.18. The Bertz CT molecular complexity index is 790. The number of aromatic nitrogens is 1. The molecule has 2 rings (SSSR count). The summed E-state index contributed by atoms with van der Waals surface area (Å²) >= 11 is 0. The fourth-order valence-corrected chi connectivity index (χ4v) is 2.84. The Kier molecular flexibility index (Phi) is 7.46. The van der Waals surface area contributed by atoms with Gasteiger partial charge in [-0.05, 0) is 45.4 Å².